The number of hydrogen-bond acceptors (Lipinski definition) is 5. The Bertz CT molecular complexity index is 935. The fraction of sp³-hybridized carbons (Fsp3) is 0.278. The minimum absolute atomic E-state index is 0.0826. The fourth-order valence-corrected chi connectivity index (χ4v) is 3.13. The quantitative estimate of drug-likeness (QED) is 0.860. The second-order valence-corrected chi connectivity index (χ2v) is 6.21. The molecule has 2 aromatic rings. The monoisotopic (exact) mass is 392 g/mol. The molecule has 1 aliphatic heterocycles. The number of nitriles is 1. The number of primary amides is 1. The van der Waals surface area contributed by atoms with Crippen molar-refractivity contribution < 1.29 is 27.2 Å². The van der Waals surface area contributed by atoms with Crippen LogP contribution >= 0.6 is 0 Å². The number of piperazine rings is 1. The van der Waals surface area contributed by atoms with Crippen LogP contribution in [0.1, 0.15) is 21.5 Å². The van der Waals surface area contributed by atoms with Crippen LogP contribution in [-0.2, 0) is 11.0 Å². The summed E-state index contributed by atoms with van der Waals surface area (Å²) in [5, 5.41) is 8.92. The van der Waals surface area contributed by atoms with E-state index in [4.69, 9.17) is 15.4 Å². The van der Waals surface area contributed by atoms with Crippen LogP contribution in [0.3, 0.4) is 0 Å². The average molecular weight is 392 g/mol. The predicted octanol–water partition coefficient (Wildman–Crippen LogP) is 1.99. The Morgan fingerprint density at radius 2 is 2.00 bits per heavy atom. The highest BCUT2D eigenvalue weighted by Crippen LogP contribution is 2.35. The van der Waals surface area contributed by atoms with Crippen molar-refractivity contribution in [3.8, 4) is 6.07 Å². The first kappa shape index (κ1) is 19.3. The number of nitrogens with two attached hydrogens (primary N) is 1. The maximum Gasteiger partial charge on any atom is 0.417 e. The molecule has 2 heterocycles. The Labute approximate surface area is 157 Å². The lowest BCUT2D eigenvalue weighted by Crippen LogP contribution is -2.59. The minimum Gasteiger partial charge on any atom is -0.472 e. The Morgan fingerprint density at radius 3 is 2.57 bits per heavy atom. The summed E-state index contributed by atoms with van der Waals surface area (Å²) in [6.45, 7) is 0.191. The molecule has 1 unspecified atom stereocenters. The molecule has 1 aliphatic rings. The summed E-state index contributed by atoms with van der Waals surface area (Å²) in [6.07, 6.45) is -2.11. The lowest BCUT2D eigenvalue weighted by atomic mass is 10.0. The molecule has 28 heavy (non-hydrogen) atoms. The Kier molecular flexibility index (Phi) is 5.00. The Morgan fingerprint density at radius 1 is 1.25 bits per heavy atom. The maximum atomic E-state index is 13.2. The number of halogens is 3. The van der Waals surface area contributed by atoms with Gasteiger partial charge in [-0.15, -0.1) is 0 Å². The van der Waals surface area contributed by atoms with Crippen LogP contribution in [0.4, 0.5) is 18.9 Å². The zero-order chi connectivity index (χ0) is 20.5. The normalized spacial score (nSPS) is 17.3. The lowest BCUT2D eigenvalue weighted by Gasteiger charge is -2.41. The highest BCUT2D eigenvalue weighted by atomic mass is 19.4. The molecule has 0 saturated carbocycles. The van der Waals surface area contributed by atoms with Gasteiger partial charge in [-0.05, 0) is 24.3 Å². The number of carbonyl (C=O) groups is 2. The molecule has 2 amide bonds. The summed E-state index contributed by atoms with van der Waals surface area (Å²) in [5.41, 5.74) is 4.24. The molecule has 0 spiro atoms. The topological polar surface area (TPSA) is 104 Å². The van der Waals surface area contributed by atoms with Crippen molar-refractivity contribution in [2.45, 2.75) is 12.2 Å². The second-order valence-electron chi connectivity index (χ2n) is 6.21. The third-order valence-electron chi connectivity index (χ3n) is 4.52. The summed E-state index contributed by atoms with van der Waals surface area (Å²) in [7, 11) is 0. The number of rotatable bonds is 3. The number of furan rings is 1. The van der Waals surface area contributed by atoms with Crippen molar-refractivity contribution in [1.82, 2.24) is 4.90 Å². The molecule has 0 bridgehead atoms. The summed E-state index contributed by atoms with van der Waals surface area (Å²) in [6, 6.07) is 5.18. The van der Waals surface area contributed by atoms with E-state index in [-0.39, 0.29) is 31.2 Å². The predicted molar refractivity (Wildman–Crippen MR) is 91.1 cm³/mol. The van der Waals surface area contributed by atoms with Gasteiger partial charge in [-0.25, -0.2) is 0 Å². The number of anilines is 1. The molecule has 1 aromatic carbocycles. The van der Waals surface area contributed by atoms with E-state index in [0.29, 0.717) is 5.56 Å². The number of hydrogen-bond donors (Lipinski definition) is 1. The second kappa shape index (κ2) is 7.26. The smallest absolute Gasteiger partial charge is 0.417 e. The third-order valence-corrected chi connectivity index (χ3v) is 4.52. The summed E-state index contributed by atoms with van der Waals surface area (Å²) >= 11 is 0. The molecule has 2 N–H and O–H groups in total. The van der Waals surface area contributed by atoms with E-state index in [9.17, 15) is 22.8 Å². The van der Waals surface area contributed by atoms with Gasteiger partial charge in [-0.1, -0.05) is 0 Å². The summed E-state index contributed by atoms with van der Waals surface area (Å²) < 4.78 is 44.6. The van der Waals surface area contributed by atoms with Crippen molar-refractivity contribution in [2.75, 3.05) is 24.5 Å². The zero-order valence-electron chi connectivity index (χ0n) is 14.4. The van der Waals surface area contributed by atoms with Gasteiger partial charge in [-0.2, -0.15) is 18.4 Å². The van der Waals surface area contributed by atoms with E-state index in [2.05, 4.69) is 0 Å². The number of alkyl halides is 3. The van der Waals surface area contributed by atoms with Crippen LogP contribution in [-0.4, -0.2) is 42.4 Å². The van der Waals surface area contributed by atoms with Crippen molar-refractivity contribution in [2.24, 2.45) is 5.73 Å². The van der Waals surface area contributed by atoms with E-state index >= 15 is 0 Å². The first-order chi connectivity index (χ1) is 13.2. The number of nitrogens with zero attached hydrogens (tertiary/aromatic N) is 3. The Hall–Kier alpha value is -3.48. The van der Waals surface area contributed by atoms with Crippen molar-refractivity contribution in [3.63, 3.8) is 0 Å². The molecule has 7 nitrogen and oxygen atoms in total. The first-order valence-electron chi connectivity index (χ1n) is 8.21. The molecule has 0 aliphatic carbocycles. The van der Waals surface area contributed by atoms with Gasteiger partial charge in [0.1, 0.15) is 12.3 Å². The van der Waals surface area contributed by atoms with Gasteiger partial charge in [0.15, 0.2) is 0 Å². The van der Waals surface area contributed by atoms with Gasteiger partial charge in [0.25, 0.3) is 5.91 Å². The molecular weight excluding hydrogens is 377 g/mol. The third kappa shape index (κ3) is 3.64. The number of carbonyl (C=O) groups excluding carboxylic acids is 2. The standard InChI is InChI=1S/C18H15F3N4O3/c19-18(20,21)14-7-13(2-1-11(14)8-22)25-5-4-24(9-15(25)16(23)26)17(27)12-3-6-28-10-12/h1-3,6-7,10,15H,4-5,9H2,(H2,23,26). The molecule has 3 rings (SSSR count). The lowest BCUT2D eigenvalue weighted by molar-refractivity contribution is -0.137. The van der Waals surface area contributed by atoms with Crippen molar-refractivity contribution >= 4 is 17.5 Å². The van der Waals surface area contributed by atoms with Crippen LogP contribution < -0.4 is 10.6 Å². The highest BCUT2D eigenvalue weighted by molar-refractivity contribution is 5.95. The molecule has 1 saturated heterocycles. The molecular formula is C18H15F3N4O3. The first-order valence-corrected chi connectivity index (χ1v) is 8.21. The zero-order valence-corrected chi connectivity index (χ0v) is 14.4. The van der Waals surface area contributed by atoms with Gasteiger partial charge in [-0.3, -0.25) is 9.59 Å². The fourth-order valence-electron chi connectivity index (χ4n) is 3.13. The SMILES string of the molecule is N#Cc1ccc(N2CCN(C(=O)c3ccoc3)CC2C(N)=O)cc1C(F)(F)F. The molecule has 10 heteroatoms. The van der Waals surface area contributed by atoms with Crippen LogP contribution in [0.2, 0.25) is 0 Å². The molecule has 1 atom stereocenters. The van der Waals surface area contributed by atoms with Crippen LogP contribution in [0.5, 0.6) is 0 Å². The van der Waals surface area contributed by atoms with Crippen LogP contribution in [0.25, 0.3) is 0 Å². The highest BCUT2D eigenvalue weighted by Gasteiger charge is 2.37. The summed E-state index contributed by atoms with van der Waals surface area (Å²) in [5.74, 6) is -1.14. The minimum atomic E-state index is -4.72. The largest absolute Gasteiger partial charge is 0.472 e. The molecule has 0 radical (unpaired) electrons. The Balaban J connectivity index is 1.90. The van der Waals surface area contributed by atoms with Crippen molar-refractivity contribution in [1.29, 1.82) is 5.26 Å². The van der Waals surface area contributed by atoms with E-state index in [1.54, 1.807) is 0 Å². The van der Waals surface area contributed by atoms with Gasteiger partial charge in [0, 0.05) is 18.8 Å². The van der Waals surface area contributed by atoms with Gasteiger partial charge in [0.2, 0.25) is 5.91 Å². The number of benzene rings is 1. The van der Waals surface area contributed by atoms with Crippen LogP contribution in [0.15, 0.2) is 41.2 Å². The maximum absolute atomic E-state index is 13.2. The van der Waals surface area contributed by atoms with E-state index < -0.39 is 29.3 Å². The number of amides is 2. The van der Waals surface area contributed by atoms with Gasteiger partial charge in [0.05, 0.1) is 35.6 Å². The van der Waals surface area contributed by atoms with Gasteiger partial charge < -0.3 is 20.0 Å². The molecule has 1 fully saturated rings. The average Bonchev–Trinajstić information content (AvgIpc) is 3.20. The van der Waals surface area contributed by atoms with Crippen molar-refractivity contribution in [3.05, 3.63) is 53.5 Å². The van der Waals surface area contributed by atoms with Crippen LogP contribution in [0, 0.1) is 11.3 Å². The summed E-state index contributed by atoms with van der Waals surface area (Å²) in [4.78, 5) is 27.2. The van der Waals surface area contributed by atoms with Gasteiger partial charge >= 0.3 is 6.18 Å². The molecule has 1 aromatic heterocycles. The van der Waals surface area contributed by atoms with E-state index in [1.165, 1.54) is 40.5 Å². The van der Waals surface area contributed by atoms with E-state index in [1.807, 2.05) is 0 Å². The van der Waals surface area contributed by atoms with E-state index in [0.717, 1.165) is 12.1 Å². The molecule has 146 valence electrons.